The number of rotatable bonds is 3. The Balaban J connectivity index is 2.13. The van der Waals surface area contributed by atoms with Crippen molar-refractivity contribution in [1.82, 2.24) is 9.97 Å². The SMILES string of the molecule is Cc1ccnc(NC(=O)c2cncc(C#CCCO)c2)c1. The summed E-state index contributed by atoms with van der Waals surface area (Å²) in [4.78, 5) is 20.2. The number of carbonyl (C=O) groups is 1. The summed E-state index contributed by atoms with van der Waals surface area (Å²) in [6.45, 7) is 1.94. The molecule has 0 saturated heterocycles. The molecule has 0 fully saturated rings. The number of pyridine rings is 2. The first-order chi connectivity index (χ1) is 10.2. The number of aromatic nitrogens is 2. The molecule has 0 aliphatic carbocycles. The molecule has 2 N–H and O–H groups in total. The van der Waals surface area contributed by atoms with Crippen LogP contribution >= 0.6 is 0 Å². The molecule has 0 saturated carbocycles. The van der Waals surface area contributed by atoms with Gasteiger partial charge in [-0.25, -0.2) is 4.98 Å². The predicted octanol–water partition coefficient (Wildman–Crippen LogP) is 1.77. The Labute approximate surface area is 123 Å². The highest BCUT2D eigenvalue weighted by Crippen LogP contribution is 2.08. The average Bonchev–Trinajstić information content (AvgIpc) is 2.48. The van der Waals surface area contributed by atoms with Crippen LogP contribution in [-0.2, 0) is 0 Å². The molecule has 0 aliphatic heterocycles. The zero-order valence-electron chi connectivity index (χ0n) is 11.6. The van der Waals surface area contributed by atoms with Crippen LogP contribution in [0.5, 0.6) is 0 Å². The summed E-state index contributed by atoms with van der Waals surface area (Å²) in [5, 5.41) is 11.4. The van der Waals surface area contributed by atoms with Crippen molar-refractivity contribution in [3.63, 3.8) is 0 Å². The van der Waals surface area contributed by atoms with Gasteiger partial charge in [0.1, 0.15) is 5.82 Å². The lowest BCUT2D eigenvalue weighted by Gasteiger charge is -2.05. The van der Waals surface area contributed by atoms with Gasteiger partial charge in [-0.1, -0.05) is 11.8 Å². The number of hydrogen-bond donors (Lipinski definition) is 2. The molecule has 21 heavy (non-hydrogen) atoms. The second kappa shape index (κ2) is 7.17. The first-order valence-electron chi connectivity index (χ1n) is 6.48. The van der Waals surface area contributed by atoms with E-state index in [1.54, 1.807) is 24.5 Å². The minimum atomic E-state index is -0.286. The van der Waals surface area contributed by atoms with Crippen molar-refractivity contribution < 1.29 is 9.90 Å². The summed E-state index contributed by atoms with van der Waals surface area (Å²) in [5.41, 5.74) is 2.06. The van der Waals surface area contributed by atoms with Gasteiger partial charge in [0.25, 0.3) is 5.91 Å². The second-order valence-electron chi connectivity index (χ2n) is 4.41. The largest absolute Gasteiger partial charge is 0.395 e. The van der Waals surface area contributed by atoms with Crippen molar-refractivity contribution in [2.45, 2.75) is 13.3 Å². The number of nitrogens with one attached hydrogen (secondary N) is 1. The fourth-order valence-corrected chi connectivity index (χ4v) is 1.65. The van der Waals surface area contributed by atoms with Gasteiger partial charge < -0.3 is 10.4 Å². The van der Waals surface area contributed by atoms with Gasteiger partial charge in [0.05, 0.1) is 12.2 Å². The first kappa shape index (κ1) is 14.7. The third-order valence-corrected chi connectivity index (χ3v) is 2.63. The zero-order valence-corrected chi connectivity index (χ0v) is 11.6. The third kappa shape index (κ3) is 4.41. The highest BCUT2D eigenvalue weighted by molar-refractivity contribution is 6.03. The van der Waals surface area contributed by atoms with Crippen LogP contribution in [0.3, 0.4) is 0 Å². The summed E-state index contributed by atoms with van der Waals surface area (Å²) in [7, 11) is 0. The van der Waals surface area contributed by atoms with E-state index >= 15 is 0 Å². The molecule has 5 nitrogen and oxygen atoms in total. The monoisotopic (exact) mass is 281 g/mol. The van der Waals surface area contributed by atoms with Crippen LogP contribution in [0.4, 0.5) is 5.82 Å². The average molecular weight is 281 g/mol. The van der Waals surface area contributed by atoms with Gasteiger partial charge in [0, 0.05) is 30.6 Å². The summed E-state index contributed by atoms with van der Waals surface area (Å²) in [5.74, 6) is 5.85. The highest BCUT2D eigenvalue weighted by atomic mass is 16.2. The van der Waals surface area contributed by atoms with Crippen molar-refractivity contribution in [2.24, 2.45) is 0 Å². The molecule has 2 rings (SSSR count). The van der Waals surface area contributed by atoms with Crippen molar-refractivity contribution in [3.8, 4) is 11.8 Å². The molecule has 2 aromatic rings. The van der Waals surface area contributed by atoms with Gasteiger partial charge in [-0.2, -0.15) is 0 Å². The van der Waals surface area contributed by atoms with Gasteiger partial charge in [-0.05, 0) is 30.7 Å². The normalized spacial score (nSPS) is 9.62. The van der Waals surface area contributed by atoms with E-state index in [1.165, 1.54) is 6.20 Å². The third-order valence-electron chi connectivity index (χ3n) is 2.63. The van der Waals surface area contributed by atoms with Crippen molar-refractivity contribution in [3.05, 3.63) is 53.5 Å². The van der Waals surface area contributed by atoms with Gasteiger partial charge in [0.15, 0.2) is 0 Å². The molecule has 2 heterocycles. The van der Waals surface area contributed by atoms with Crippen LogP contribution in [0.15, 0.2) is 36.8 Å². The number of nitrogens with zero attached hydrogens (tertiary/aromatic N) is 2. The highest BCUT2D eigenvalue weighted by Gasteiger charge is 2.07. The van der Waals surface area contributed by atoms with Crippen molar-refractivity contribution >= 4 is 11.7 Å². The lowest BCUT2D eigenvalue weighted by atomic mass is 10.2. The number of aliphatic hydroxyl groups excluding tert-OH is 1. The number of anilines is 1. The Morgan fingerprint density at radius 2 is 2.24 bits per heavy atom. The number of amides is 1. The maximum absolute atomic E-state index is 12.1. The molecule has 0 atom stereocenters. The number of hydrogen-bond acceptors (Lipinski definition) is 4. The van der Waals surface area contributed by atoms with E-state index in [-0.39, 0.29) is 12.5 Å². The van der Waals surface area contributed by atoms with E-state index in [2.05, 4.69) is 27.1 Å². The van der Waals surface area contributed by atoms with Crippen LogP contribution in [-0.4, -0.2) is 27.6 Å². The summed E-state index contributed by atoms with van der Waals surface area (Å²) < 4.78 is 0. The Kier molecular flexibility index (Phi) is 5.02. The standard InChI is InChI=1S/C16H15N3O2/c1-12-5-6-18-15(8-12)19-16(21)14-9-13(10-17-11-14)4-2-3-7-20/h5-6,8-11,20H,3,7H2,1H3,(H,18,19,21). The molecule has 1 amide bonds. The Morgan fingerprint density at radius 1 is 1.38 bits per heavy atom. The van der Waals surface area contributed by atoms with E-state index in [9.17, 15) is 4.79 Å². The minimum Gasteiger partial charge on any atom is -0.395 e. The van der Waals surface area contributed by atoms with Gasteiger partial charge in [0.2, 0.25) is 0 Å². The van der Waals surface area contributed by atoms with Crippen LogP contribution in [0.1, 0.15) is 27.9 Å². The topological polar surface area (TPSA) is 75.1 Å². The maximum atomic E-state index is 12.1. The molecule has 0 radical (unpaired) electrons. The van der Waals surface area contributed by atoms with Crippen LogP contribution in [0.25, 0.3) is 0 Å². The lowest BCUT2D eigenvalue weighted by Crippen LogP contribution is -2.13. The zero-order chi connectivity index (χ0) is 15.1. The minimum absolute atomic E-state index is 0.0135. The summed E-state index contributed by atoms with van der Waals surface area (Å²) in [6.07, 6.45) is 5.08. The molecule has 2 aromatic heterocycles. The lowest BCUT2D eigenvalue weighted by molar-refractivity contribution is 0.102. The van der Waals surface area contributed by atoms with E-state index in [1.807, 2.05) is 13.0 Å². The fourth-order valence-electron chi connectivity index (χ4n) is 1.65. The molecule has 0 aliphatic rings. The molecular weight excluding hydrogens is 266 g/mol. The number of carbonyl (C=O) groups excluding carboxylic acids is 1. The van der Waals surface area contributed by atoms with Crippen LogP contribution in [0, 0.1) is 18.8 Å². The molecule has 0 bridgehead atoms. The van der Waals surface area contributed by atoms with Crippen LogP contribution < -0.4 is 5.32 Å². The summed E-state index contributed by atoms with van der Waals surface area (Å²) >= 11 is 0. The quantitative estimate of drug-likeness (QED) is 0.841. The molecule has 106 valence electrons. The molecular formula is C16H15N3O2. The smallest absolute Gasteiger partial charge is 0.258 e. The molecule has 0 spiro atoms. The van der Waals surface area contributed by atoms with Gasteiger partial charge in [-0.15, -0.1) is 0 Å². The first-order valence-corrected chi connectivity index (χ1v) is 6.48. The predicted molar refractivity (Wildman–Crippen MR) is 79.7 cm³/mol. The van der Waals surface area contributed by atoms with E-state index in [0.717, 1.165) is 5.56 Å². The number of aliphatic hydroxyl groups is 1. The summed E-state index contributed by atoms with van der Waals surface area (Å²) in [6, 6.07) is 5.30. The molecule has 0 aromatic carbocycles. The van der Waals surface area contributed by atoms with E-state index in [4.69, 9.17) is 5.11 Å². The fraction of sp³-hybridized carbons (Fsp3) is 0.188. The maximum Gasteiger partial charge on any atom is 0.258 e. The molecule has 0 unspecified atom stereocenters. The van der Waals surface area contributed by atoms with E-state index < -0.39 is 0 Å². The number of aryl methyl sites for hydroxylation is 1. The van der Waals surface area contributed by atoms with E-state index in [0.29, 0.717) is 23.4 Å². The van der Waals surface area contributed by atoms with Crippen LogP contribution in [0.2, 0.25) is 0 Å². The second-order valence-corrected chi connectivity index (χ2v) is 4.41. The molecule has 5 heteroatoms. The Hall–Kier alpha value is -2.71. The van der Waals surface area contributed by atoms with Crippen molar-refractivity contribution in [1.29, 1.82) is 0 Å². The van der Waals surface area contributed by atoms with Crippen molar-refractivity contribution in [2.75, 3.05) is 11.9 Å². The van der Waals surface area contributed by atoms with Gasteiger partial charge >= 0.3 is 0 Å². The Morgan fingerprint density at radius 3 is 3.00 bits per heavy atom. The van der Waals surface area contributed by atoms with Gasteiger partial charge in [-0.3, -0.25) is 9.78 Å². The Bertz CT molecular complexity index is 702.